The van der Waals surface area contributed by atoms with Gasteiger partial charge in [-0.05, 0) is 53.9 Å². The second-order valence-electron chi connectivity index (χ2n) is 8.59. The van der Waals surface area contributed by atoms with Gasteiger partial charge < -0.3 is 4.57 Å². The molecule has 0 unspecified atom stereocenters. The summed E-state index contributed by atoms with van der Waals surface area (Å²) in [5, 5.41) is 6.08. The standard InChI is InChI=1S/C31H19BrN2/c32-21-14-16-22(17-15-21)34-29-13-7-5-11-24(29)26-18-25-23-10-4-6-12-28(23)33-31(27(25)19-30(26)34)20-8-2-1-3-9-20/h1-19H. The third-order valence-electron chi connectivity index (χ3n) is 6.63. The van der Waals surface area contributed by atoms with Gasteiger partial charge in [0.25, 0.3) is 0 Å². The Hall–Kier alpha value is -3.95. The SMILES string of the molecule is Brc1ccc(-n2c3ccccc3c3cc4c(cc32)c(-c2ccccc2)nc2ccccc24)cc1. The van der Waals surface area contributed by atoms with Crippen LogP contribution in [0.5, 0.6) is 0 Å². The Morgan fingerprint density at radius 3 is 2.06 bits per heavy atom. The van der Waals surface area contributed by atoms with Crippen molar-refractivity contribution in [3.63, 3.8) is 0 Å². The Labute approximate surface area is 205 Å². The van der Waals surface area contributed by atoms with Gasteiger partial charge in [-0.2, -0.15) is 0 Å². The molecule has 0 aliphatic heterocycles. The smallest absolute Gasteiger partial charge is 0.0788 e. The molecule has 0 saturated heterocycles. The molecule has 0 atom stereocenters. The lowest BCUT2D eigenvalue weighted by molar-refractivity contribution is 1.18. The lowest BCUT2D eigenvalue weighted by Gasteiger charge is -2.12. The van der Waals surface area contributed by atoms with Crippen LogP contribution in [0.3, 0.4) is 0 Å². The highest BCUT2D eigenvalue weighted by Crippen LogP contribution is 2.39. The van der Waals surface area contributed by atoms with Crippen LogP contribution in [0, 0.1) is 0 Å². The topological polar surface area (TPSA) is 17.8 Å². The van der Waals surface area contributed by atoms with Crippen LogP contribution in [0.2, 0.25) is 0 Å². The number of rotatable bonds is 2. The molecule has 160 valence electrons. The number of aromatic nitrogens is 2. The molecule has 34 heavy (non-hydrogen) atoms. The third-order valence-corrected chi connectivity index (χ3v) is 7.15. The molecular formula is C31H19BrN2. The van der Waals surface area contributed by atoms with E-state index in [-0.39, 0.29) is 0 Å². The first kappa shape index (κ1) is 19.5. The summed E-state index contributed by atoms with van der Waals surface area (Å²) in [5.74, 6) is 0. The van der Waals surface area contributed by atoms with Crippen molar-refractivity contribution in [1.29, 1.82) is 0 Å². The van der Waals surface area contributed by atoms with Gasteiger partial charge in [-0.1, -0.05) is 82.7 Å². The van der Waals surface area contributed by atoms with Crippen LogP contribution in [-0.4, -0.2) is 9.55 Å². The van der Waals surface area contributed by atoms with Crippen LogP contribution in [0.1, 0.15) is 0 Å². The monoisotopic (exact) mass is 498 g/mol. The maximum Gasteiger partial charge on any atom is 0.0788 e. The van der Waals surface area contributed by atoms with Gasteiger partial charge in [-0.15, -0.1) is 0 Å². The molecule has 2 heterocycles. The number of para-hydroxylation sites is 2. The molecule has 7 aromatic rings. The first-order valence-corrected chi connectivity index (χ1v) is 12.1. The van der Waals surface area contributed by atoms with Gasteiger partial charge in [0, 0.05) is 37.3 Å². The van der Waals surface area contributed by atoms with Crippen molar-refractivity contribution in [2.24, 2.45) is 0 Å². The molecular weight excluding hydrogens is 480 g/mol. The Balaban J connectivity index is 1.69. The number of halogens is 1. The number of hydrogen-bond donors (Lipinski definition) is 0. The van der Waals surface area contributed by atoms with E-state index in [0.29, 0.717) is 0 Å². The molecule has 0 bridgehead atoms. The Morgan fingerprint density at radius 2 is 1.24 bits per heavy atom. The van der Waals surface area contributed by atoms with Crippen molar-refractivity contribution in [2.45, 2.75) is 0 Å². The fourth-order valence-electron chi connectivity index (χ4n) is 5.10. The Kier molecular flexibility index (Phi) is 4.33. The predicted octanol–water partition coefficient (Wildman–Crippen LogP) is 8.91. The molecule has 0 radical (unpaired) electrons. The first-order chi connectivity index (χ1) is 16.8. The van der Waals surface area contributed by atoms with Gasteiger partial charge >= 0.3 is 0 Å². The quantitative estimate of drug-likeness (QED) is 0.217. The van der Waals surface area contributed by atoms with E-state index in [1.165, 1.54) is 38.0 Å². The lowest BCUT2D eigenvalue weighted by atomic mass is 9.98. The fraction of sp³-hybridized carbons (Fsp3) is 0. The van der Waals surface area contributed by atoms with Gasteiger partial charge in [0.2, 0.25) is 0 Å². The van der Waals surface area contributed by atoms with Crippen molar-refractivity contribution in [2.75, 3.05) is 0 Å². The van der Waals surface area contributed by atoms with Crippen LogP contribution in [0.15, 0.2) is 120 Å². The molecule has 3 heteroatoms. The molecule has 0 fully saturated rings. The van der Waals surface area contributed by atoms with E-state index in [9.17, 15) is 0 Å². The largest absolute Gasteiger partial charge is 0.309 e. The number of benzene rings is 5. The first-order valence-electron chi connectivity index (χ1n) is 11.3. The molecule has 0 saturated carbocycles. The molecule has 5 aromatic carbocycles. The summed E-state index contributed by atoms with van der Waals surface area (Å²) in [7, 11) is 0. The molecule has 0 aliphatic carbocycles. The predicted molar refractivity (Wildman–Crippen MR) is 147 cm³/mol. The van der Waals surface area contributed by atoms with Gasteiger partial charge in [0.15, 0.2) is 0 Å². The maximum atomic E-state index is 5.13. The van der Waals surface area contributed by atoms with Crippen LogP contribution >= 0.6 is 15.9 Å². The minimum absolute atomic E-state index is 1.02. The number of nitrogens with zero attached hydrogens (tertiary/aromatic N) is 2. The zero-order chi connectivity index (χ0) is 22.6. The van der Waals surface area contributed by atoms with Crippen molar-refractivity contribution >= 4 is 59.4 Å². The molecule has 0 spiro atoms. The molecule has 0 aliphatic rings. The van der Waals surface area contributed by atoms with Gasteiger partial charge in [-0.3, -0.25) is 0 Å². The molecule has 2 nitrogen and oxygen atoms in total. The highest BCUT2D eigenvalue weighted by molar-refractivity contribution is 9.10. The van der Waals surface area contributed by atoms with Crippen LogP contribution in [-0.2, 0) is 0 Å². The number of pyridine rings is 1. The molecule has 0 N–H and O–H groups in total. The highest BCUT2D eigenvalue weighted by Gasteiger charge is 2.17. The van der Waals surface area contributed by atoms with E-state index < -0.39 is 0 Å². The minimum Gasteiger partial charge on any atom is -0.309 e. The van der Waals surface area contributed by atoms with Crippen LogP contribution < -0.4 is 0 Å². The highest BCUT2D eigenvalue weighted by atomic mass is 79.9. The van der Waals surface area contributed by atoms with Gasteiger partial charge in [0.05, 0.1) is 22.2 Å². The van der Waals surface area contributed by atoms with E-state index >= 15 is 0 Å². The summed E-state index contributed by atoms with van der Waals surface area (Å²) in [6.07, 6.45) is 0. The van der Waals surface area contributed by atoms with Crippen LogP contribution in [0.25, 0.3) is 60.4 Å². The Bertz CT molecular complexity index is 1850. The van der Waals surface area contributed by atoms with E-state index in [1.807, 2.05) is 0 Å². The van der Waals surface area contributed by atoms with Gasteiger partial charge in [-0.25, -0.2) is 4.98 Å². The van der Waals surface area contributed by atoms with E-state index in [1.54, 1.807) is 0 Å². The third kappa shape index (κ3) is 2.91. The average Bonchev–Trinajstić information content (AvgIpc) is 3.21. The zero-order valence-electron chi connectivity index (χ0n) is 18.2. The van der Waals surface area contributed by atoms with Gasteiger partial charge in [0.1, 0.15) is 0 Å². The zero-order valence-corrected chi connectivity index (χ0v) is 19.8. The van der Waals surface area contributed by atoms with Crippen molar-refractivity contribution in [3.05, 3.63) is 120 Å². The summed E-state index contributed by atoms with van der Waals surface area (Å²) in [5.41, 5.74) is 6.69. The lowest BCUT2D eigenvalue weighted by Crippen LogP contribution is -1.94. The summed E-state index contributed by atoms with van der Waals surface area (Å²) >= 11 is 3.58. The van der Waals surface area contributed by atoms with Crippen LogP contribution in [0.4, 0.5) is 0 Å². The van der Waals surface area contributed by atoms with Crippen molar-refractivity contribution < 1.29 is 0 Å². The minimum atomic E-state index is 1.02. The maximum absolute atomic E-state index is 5.13. The fourth-order valence-corrected chi connectivity index (χ4v) is 5.36. The summed E-state index contributed by atoms with van der Waals surface area (Å²) in [4.78, 5) is 5.13. The number of hydrogen-bond acceptors (Lipinski definition) is 1. The van der Waals surface area contributed by atoms with E-state index in [2.05, 4.69) is 136 Å². The second kappa shape index (κ2) is 7.54. The van der Waals surface area contributed by atoms with Crippen molar-refractivity contribution in [1.82, 2.24) is 9.55 Å². The van der Waals surface area contributed by atoms with E-state index in [4.69, 9.17) is 4.98 Å². The number of fused-ring (bicyclic) bond motifs is 6. The molecule has 0 amide bonds. The van der Waals surface area contributed by atoms with Crippen molar-refractivity contribution in [3.8, 4) is 16.9 Å². The summed E-state index contributed by atoms with van der Waals surface area (Å²) in [6, 6.07) is 40.8. The summed E-state index contributed by atoms with van der Waals surface area (Å²) < 4.78 is 3.44. The summed E-state index contributed by atoms with van der Waals surface area (Å²) in [6.45, 7) is 0. The Morgan fingerprint density at radius 1 is 0.529 bits per heavy atom. The van der Waals surface area contributed by atoms with E-state index in [0.717, 1.165) is 26.9 Å². The molecule has 2 aromatic heterocycles. The molecule has 7 rings (SSSR count). The average molecular weight is 499 g/mol. The normalized spacial score (nSPS) is 11.7. The second-order valence-corrected chi connectivity index (χ2v) is 9.50.